The zero-order chi connectivity index (χ0) is 21.8. The summed E-state index contributed by atoms with van der Waals surface area (Å²) in [5, 5.41) is 4.14. The van der Waals surface area contributed by atoms with Crippen LogP contribution in [0.25, 0.3) is 0 Å². The lowest BCUT2D eigenvalue weighted by molar-refractivity contribution is -0.136. The molecule has 172 valence electrons. The smallest absolute Gasteiger partial charge is 0.276 e. The van der Waals surface area contributed by atoms with Crippen molar-refractivity contribution in [3.8, 4) is 0 Å². The van der Waals surface area contributed by atoms with Crippen molar-refractivity contribution in [3.05, 3.63) is 17.0 Å². The highest BCUT2D eigenvalue weighted by Crippen LogP contribution is 2.32. The summed E-state index contributed by atoms with van der Waals surface area (Å²) in [5.41, 5.74) is 0.778. The van der Waals surface area contributed by atoms with Crippen LogP contribution in [-0.4, -0.2) is 96.9 Å². The Hall–Kier alpha value is -1.97. The minimum atomic E-state index is -0.481. The summed E-state index contributed by atoms with van der Waals surface area (Å²) in [6.45, 7) is 7.72. The van der Waals surface area contributed by atoms with Gasteiger partial charge < -0.3 is 23.8 Å². The molecule has 0 radical (unpaired) electrons. The molecule has 0 bridgehead atoms. The van der Waals surface area contributed by atoms with Crippen molar-refractivity contribution in [1.82, 2.24) is 19.9 Å². The minimum absolute atomic E-state index is 0.0746. The number of rotatable bonds is 7. The Morgan fingerprint density at radius 2 is 2.06 bits per heavy atom. The Bertz CT molecular complexity index is 783. The molecular formula is C22H34N4O5. The zero-order valence-corrected chi connectivity index (χ0v) is 18.7. The van der Waals surface area contributed by atoms with Gasteiger partial charge >= 0.3 is 0 Å². The fourth-order valence-corrected chi connectivity index (χ4v) is 5.05. The highest BCUT2D eigenvalue weighted by Gasteiger charge is 2.47. The standard InChI is InChI=1S/C22H34N4O5/c1-17-18(14-24-8-3-4-9-24)20(23-31-17)21(28)25-11-6-19(27)26(10-5-12-29-2)22(15-25)7-13-30-16-22/h3-16H2,1-2H3. The summed E-state index contributed by atoms with van der Waals surface area (Å²) in [6, 6.07) is 0. The lowest BCUT2D eigenvalue weighted by Gasteiger charge is -2.40. The number of nitrogens with zero attached hydrogens (tertiary/aromatic N) is 4. The van der Waals surface area contributed by atoms with Gasteiger partial charge in [-0.3, -0.25) is 14.5 Å². The molecule has 0 N–H and O–H groups in total. The molecule has 1 atom stereocenters. The van der Waals surface area contributed by atoms with Gasteiger partial charge in [0.15, 0.2) is 5.69 Å². The van der Waals surface area contributed by atoms with Gasteiger partial charge in [0, 0.05) is 58.5 Å². The Morgan fingerprint density at radius 3 is 2.77 bits per heavy atom. The van der Waals surface area contributed by atoms with Crippen LogP contribution in [0.15, 0.2) is 4.52 Å². The lowest BCUT2D eigenvalue weighted by Crippen LogP contribution is -2.57. The number of ether oxygens (including phenoxy) is 2. The molecule has 31 heavy (non-hydrogen) atoms. The molecule has 3 aliphatic rings. The van der Waals surface area contributed by atoms with Gasteiger partial charge in [0.1, 0.15) is 5.76 Å². The number of amides is 2. The fraction of sp³-hybridized carbons (Fsp3) is 0.773. The third-order valence-electron chi connectivity index (χ3n) is 6.82. The molecule has 3 saturated heterocycles. The topological polar surface area (TPSA) is 88.3 Å². The SMILES string of the molecule is COCCCN1C(=O)CCN(C(=O)c2noc(C)c2CN2CCCC2)CC12CCOC2. The van der Waals surface area contributed by atoms with E-state index in [1.54, 1.807) is 12.0 Å². The van der Waals surface area contributed by atoms with Gasteiger partial charge in [-0.15, -0.1) is 0 Å². The molecular weight excluding hydrogens is 400 g/mol. The third-order valence-corrected chi connectivity index (χ3v) is 6.82. The molecule has 0 aromatic carbocycles. The van der Waals surface area contributed by atoms with E-state index in [0.717, 1.165) is 31.5 Å². The first-order valence-electron chi connectivity index (χ1n) is 11.4. The maximum atomic E-state index is 13.6. The molecule has 1 unspecified atom stereocenters. The van der Waals surface area contributed by atoms with Gasteiger partial charge in [0.25, 0.3) is 5.91 Å². The fourth-order valence-electron chi connectivity index (χ4n) is 5.05. The lowest BCUT2D eigenvalue weighted by atomic mass is 9.95. The molecule has 2 amide bonds. The predicted octanol–water partition coefficient (Wildman–Crippen LogP) is 1.45. The summed E-state index contributed by atoms with van der Waals surface area (Å²) >= 11 is 0. The molecule has 1 aromatic heterocycles. The number of aryl methyl sites for hydroxylation is 1. The van der Waals surface area contributed by atoms with Gasteiger partial charge in [-0.1, -0.05) is 5.16 Å². The average molecular weight is 435 g/mol. The van der Waals surface area contributed by atoms with Gasteiger partial charge in [0.2, 0.25) is 5.91 Å². The van der Waals surface area contributed by atoms with Crippen LogP contribution in [-0.2, 0) is 20.8 Å². The van der Waals surface area contributed by atoms with Crippen molar-refractivity contribution in [1.29, 1.82) is 0 Å². The van der Waals surface area contributed by atoms with Gasteiger partial charge in [-0.05, 0) is 45.7 Å². The van der Waals surface area contributed by atoms with Crippen LogP contribution in [0.4, 0.5) is 0 Å². The summed E-state index contributed by atoms with van der Waals surface area (Å²) < 4.78 is 16.3. The predicted molar refractivity (Wildman–Crippen MR) is 113 cm³/mol. The van der Waals surface area contributed by atoms with E-state index in [2.05, 4.69) is 10.1 Å². The Labute approximate surface area is 183 Å². The Kier molecular flexibility index (Phi) is 6.93. The largest absolute Gasteiger partial charge is 0.385 e. The second-order valence-corrected chi connectivity index (χ2v) is 8.94. The molecule has 9 heteroatoms. The van der Waals surface area contributed by atoms with E-state index in [-0.39, 0.29) is 11.8 Å². The number of carbonyl (C=O) groups is 2. The first kappa shape index (κ1) is 22.2. The second kappa shape index (κ2) is 9.67. The van der Waals surface area contributed by atoms with Gasteiger partial charge in [0.05, 0.1) is 12.1 Å². The number of hydrogen-bond donors (Lipinski definition) is 0. The van der Waals surface area contributed by atoms with Crippen LogP contribution in [0.5, 0.6) is 0 Å². The van der Waals surface area contributed by atoms with E-state index in [0.29, 0.717) is 63.9 Å². The Morgan fingerprint density at radius 1 is 1.26 bits per heavy atom. The summed E-state index contributed by atoms with van der Waals surface area (Å²) in [5.74, 6) is 0.621. The van der Waals surface area contributed by atoms with Crippen LogP contribution in [0.3, 0.4) is 0 Å². The number of methoxy groups -OCH3 is 1. The van der Waals surface area contributed by atoms with Crippen molar-refractivity contribution >= 4 is 11.8 Å². The van der Waals surface area contributed by atoms with Crippen LogP contribution < -0.4 is 0 Å². The van der Waals surface area contributed by atoms with Crippen molar-refractivity contribution < 1.29 is 23.6 Å². The van der Waals surface area contributed by atoms with E-state index in [1.807, 2.05) is 11.8 Å². The van der Waals surface area contributed by atoms with E-state index in [1.165, 1.54) is 12.8 Å². The molecule has 0 aliphatic carbocycles. The number of likely N-dealkylation sites (tertiary alicyclic amines) is 1. The van der Waals surface area contributed by atoms with Crippen molar-refractivity contribution in [2.75, 3.05) is 59.7 Å². The molecule has 0 saturated carbocycles. The molecule has 3 fully saturated rings. The van der Waals surface area contributed by atoms with Crippen LogP contribution in [0, 0.1) is 6.92 Å². The highest BCUT2D eigenvalue weighted by molar-refractivity contribution is 5.94. The first-order chi connectivity index (χ1) is 15.0. The second-order valence-electron chi connectivity index (χ2n) is 8.94. The van der Waals surface area contributed by atoms with Crippen molar-refractivity contribution in [2.45, 2.75) is 51.1 Å². The first-order valence-corrected chi connectivity index (χ1v) is 11.4. The molecule has 1 spiro atoms. The monoisotopic (exact) mass is 434 g/mol. The van der Waals surface area contributed by atoms with Crippen molar-refractivity contribution in [2.24, 2.45) is 0 Å². The maximum Gasteiger partial charge on any atom is 0.276 e. The molecule has 1 aromatic rings. The third kappa shape index (κ3) is 4.63. The van der Waals surface area contributed by atoms with E-state index >= 15 is 0 Å². The van der Waals surface area contributed by atoms with Gasteiger partial charge in [-0.2, -0.15) is 0 Å². The van der Waals surface area contributed by atoms with E-state index in [4.69, 9.17) is 14.0 Å². The number of carbonyl (C=O) groups excluding carboxylic acids is 2. The summed E-state index contributed by atoms with van der Waals surface area (Å²) in [7, 11) is 1.67. The average Bonchev–Trinajstić information content (AvgIpc) is 3.50. The highest BCUT2D eigenvalue weighted by atomic mass is 16.5. The van der Waals surface area contributed by atoms with Crippen LogP contribution in [0.1, 0.15) is 53.9 Å². The number of hydrogen-bond acceptors (Lipinski definition) is 7. The molecule has 4 rings (SSSR count). The summed E-state index contributed by atoms with van der Waals surface area (Å²) in [4.78, 5) is 32.7. The molecule has 9 nitrogen and oxygen atoms in total. The van der Waals surface area contributed by atoms with Gasteiger partial charge in [-0.25, -0.2) is 0 Å². The minimum Gasteiger partial charge on any atom is -0.385 e. The number of aromatic nitrogens is 1. The summed E-state index contributed by atoms with van der Waals surface area (Å²) in [6.07, 6.45) is 4.17. The van der Waals surface area contributed by atoms with Crippen LogP contribution >= 0.6 is 0 Å². The maximum absolute atomic E-state index is 13.6. The quantitative estimate of drug-likeness (QED) is 0.600. The Balaban J connectivity index is 1.54. The molecule has 3 aliphatic heterocycles. The van der Waals surface area contributed by atoms with Crippen molar-refractivity contribution in [3.63, 3.8) is 0 Å². The van der Waals surface area contributed by atoms with Crippen LogP contribution in [0.2, 0.25) is 0 Å². The zero-order valence-electron chi connectivity index (χ0n) is 18.7. The van der Waals surface area contributed by atoms with E-state index in [9.17, 15) is 9.59 Å². The normalized spacial score (nSPS) is 25.0. The van der Waals surface area contributed by atoms with E-state index < -0.39 is 5.54 Å². The molecule has 4 heterocycles.